The van der Waals surface area contributed by atoms with Crippen molar-refractivity contribution in [1.29, 1.82) is 0 Å². The van der Waals surface area contributed by atoms with E-state index in [0.717, 1.165) is 18.7 Å². The number of ether oxygens (including phenoxy) is 1. The van der Waals surface area contributed by atoms with E-state index in [0.29, 0.717) is 6.61 Å². The normalized spacial score (nSPS) is 10.7. The zero-order valence-corrected chi connectivity index (χ0v) is 15.8. The first-order valence-electron chi connectivity index (χ1n) is 9.66. The van der Waals surface area contributed by atoms with Gasteiger partial charge in [0, 0.05) is 12.0 Å². The number of carbonyl (C=O) groups is 1. The topological polar surface area (TPSA) is 26.3 Å². The first kappa shape index (κ1) is 22.5. The van der Waals surface area contributed by atoms with Crippen LogP contribution in [0, 0.1) is 0 Å². The van der Waals surface area contributed by atoms with E-state index in [1.165, 1.54) is 89.5 Å². The maximum absolute atomic E-state index is 10.8. The maximum atomic E-state index is 10.8. The summed E-state index contributed by atoms with van der Waals surface area (Å²) < 4.78 is 4.95. The molecule has 0 saturated carbocycles. The van der Waals surface area contributed by atoms with Gasteiger partial charge in [-0.15, -0.1) is 11.6 Å². The fourth-order valence-electron chi connectivity index (χ4n) is 2.73. The molecule has 0 saturated heterocycles. The molecule has 136 valence electrons. The average molecular weight is 345 g/mol. The van der Waals surface area contributed by atoms with Gasteiger partial charge in [-0.2, -0.15) is 0 Å². The Morgan fingerprint density at radius 3 is 1.39 bits per heavy atom. The number of hydrogen-bond acceptors (Lipinski definition) is 2. The SMILES string of the molecule is C=CC(=O)OCCCCCCCCCCCCCCCCCCl. The zero-order chi connectivity index (χ0) is 17.0. The minimum Gasteiger partial charge on any atom is -0.463 e. The van der Waals surface area contributed by atoms with Crippen LogP contribution in [0.25, 0.3) is 0 Å². The first-order chi connectivity index (χ1) is 11.3. The molecule has 0 spiro atoms. The van der Waals surface area contributed by atoms with Crippen LogP contribution in [0.15, 0.2) is 12.7 Å². The quantitative estimate of drug-likeness (QED) is 0.118. The van der Waals surface area contributed by atoms with Crippen molar-refractivity contribution in [3.63, 3.8) is 0 Å². The maximum Gasteiger partial charge on any atom is 0.330 e. The van der Waals surface area contributed by atoms with Crippen LogP contribution in [0.5, 0.6) is 0 Å². The molecule has 0 N–H and O–H groups in total. The summed E-state index contributed by atoms with van der Waals surface area (Å²) in [7, 11) is 0. The smallest absolute Gasteiger partial charge is 0.330 e. The lowest BCUT2D eigenvalue weighted by Crippen LogP contribution is -2.01. The molecular weight excluding hydrogens is 308 g/mol. The molecule has 0 aromatic heterocycles. The minimum atomic E-state index is -0.305. The highest BCUT2D eigenvalue weighted by Gasteiger charge is 1.96. The third kappa shape index (κ3) is 19.5. The summed E-state index contributed by atoms with van der Waals surface area (Å²) in [6.07, 6.45) is 20.9. The second-order valence-electron chi connectivity index (χ2n) is 6.36. The molecule has 0 aliphatic carbocycles. The lowest BCUT2D eigenvalue weighted by Gasteiger charge is -2.04. The summed E-state index contributed by atoms with van der Waals surface area (Å²) >= 11 is 5.66. The van der Waals surface area contributed by atoms with Crippen LogP contribution in [0.1, 0.15) is 96.3 Å². The molecule has 0 aromatic rings. The Morgan fingerprint density at radius 1 is 0.696 bits per heavy atom. The van der Waals surface area contributed by atoms with Crippen LogP contribution >= 0.6 is 11.6 Å². The molecule has 0 amide bonds. The van der Waals surface area contributed by atoms with Crippen molar-refractivity contribution >= 4 is 17.6 Å². The van der Waals surface area contributed by atoms with E-state index < -0.39 is 0 Å². The van der Waals surface area contributed by atoms with E-state index in [2.05, 4.69) is 6.58 Å². The van der Waals surface area contributed by atoms with Crippen molar-refractivity contribution in [2.45, 2.75) is 96.3 Å². The largest absolute Gasteiger partial charge is 0.463 e. The highest BCUT2D eigenvalue weighted by atomic mass is 35.5. The van der Waals surface area contributed by atoms with Crippen LogP contribution in [0.2, 0.25) is 0 Å². The van der Waals surface area contributed by atoms with Gasteiger partial charge < -0.3 is 4.74 Å². The molecule has 0 atom stereocenters. The van der Waals surface area contributed by atoms with Crippen molar-refractivity contribution in [3.8, 4) is 0 Å². The van der Waals surface area contributed by atoms with Crippen LogP contribution in [-0.2, 0) is 9.53 Å². The summed E-state index contributed by atoms with van der Waals surface area (Å²) in [6.45, 7) is 3.92. The van der Waals surface area contributed by atoms with Gasteiger partial charge in [-0.05, 0) is 12.8 Å². The van der Waals surface area contributed by atoms with E-state index >= 15 is 0 Å². The molecule has 0 rings (SSSR count). The molecule has 0 aromatic carbocycles. The Morgan fingerprint density at radius 2 is 1.04 bits per heavy atom. The van der Waals surface area contributed by atoms with Crippen LogP contribution < -0.4 is 0 Å². The molecule has 23 heavy (non-hydrogen) atoms. The summed E-state index contributed by atoms with van der Waals surface area (Å²) in [4.78, 5) is 10.8. The second kappa shape index (κ2) is 19.5. The molecule has 0 bridgehead atoms. The van der Waals surface area contributed by atoms with Gasteiger partial charge in [-0.25, -0.2) is 4.79 Å². The molecular formula is C20H37ClO2. The predicted molar refractivity (Wildman–Crippen MR) is 101 cm³/mol. The number of rotatable bonds is 18. The predicted octanol–water partition coefficient (Wildman–Crippen LogP) is 6.81. The van der Waals surface area contributed by atoms with Gasteiger partial charge in [-0.3, -0.25) is 0 Å². The number of esters is 1. The lowest BCUT2D eigenvalue weighted by atomic mass is 10.0. The number of carbonyl (C=O) groups excluding carboxylic acids is 1. The highest BCUT2D eigenvalue weighted by molar-refractivity contribution is 6.17. The third-order valence-corrected chi connectivity index (χ3v) is 4.46. The summed E-state index contributed by atoms with van der Waals surface area (Å²) in [5, 5.41) is 0. The Balaban J connectivity index is 3.00. The number of halogens is 1. The molecule has 0 heterocycles. The highest BCUT2D eigenvalue weighted by Crippen LogP contribution is 2.13. The molecule has 2 nitrogen and oxygen atoms in total. The molecule has 0 fully saturated rings. The van der Waals surface area contributed by atoms with Gasteiger partial charge in [0.25, 0.3) is 0 Å². The van der Waals surface area contributed by atoms with Gasteiger partial charge in [-0.1, -0.05) is 90.0 Å². The molecule has 0 aliphatic rings. The van der Waals surface area contributed by atoms with Crippen molar-refractivity contribution in [2.24, 2.45) is 0 Å². The average Bonchev–Trinajstić information content (AvgIpc) is 2.57. The summed E-state index contributed by atoms with van der Waals surface area (Å²) in [5.74, 6) is 0.517. The van der Waals surface area contributed by atoms with Crippen LogP contribution in [0.3, 0.4) is 0 Å². The van der Waals surface area contributed by atoms with Gasteiger partial charge in [0.1, 0.15) is 0 Å². The molecule has 0 unspecified atom stereocenters. The second-order valence-corrected chi connectivity index (χ2v) is 6.74. The van der Waals surface area contributed by atoms with E-state index in [1.807, 2.05) is 0 Å². The molecule has 3 heteroatoms. The van der Waals surface area contributed by atoms with Crippen molar-refractivity contribution in [3.05, 3.63) is 12.7 Å². The van der Waals surface area contributed by atoms with E-state index in [1.54, 1.807) is 0 Å². The fraction of sp³-hybridized carbons (Fsp3) is 0.850. The third-order valence-electron chi connectivity index (χ3n) is 4.19. The lowest BCUT2D eigenvalue weighted by molar-refractivity contribution is -0.137. The number of hydrogen-bond donors (Lipinski definition) is 0. The van der Waals surface area contributed by atoms with E-state index in [4.69, 9.17) is 16.3 Å². The molecule has 0 aliphatic heterocycles. The standard InChI is InChI=1S/C20H37ClO2/c1-2-20(22)23-19-17-15-13-11-9-7-5-3-4-6-8-10-12-14-16-18-21/h2H,1,3-19H2. The van der Waals surface area contributed by atoms with Crippen molar-refractivity contribution in [2.75, 3.05) is 12.5 Å². The molecule has 0 radical (unpaired) electrons. The van der Waals surface area contributed by atoms with Gasteiger partial charge in [0.05, 0.1) is 6.61 Å². The Kier molecular flexibility index (Phi) is 19.1. The van der Waals surface area contributed by atoms with E-state index in [-0.39, 0.29) is 5.97 Å². The zero-order valence-electron chi connectivity index (χ0n) is 15.0. The fourth-order valence-corrected chi connectivity index (χ4v) is 2.92. The van der Waals surface area contributed by atoms with Crippen molar-refractivity contribution < 1.29 is 9.53 Å². The summed E-state index contributed by atoms with van der Waals surface area (Å²) in [6, 6.07) is 0. The van der Waals surface area contributed by atoms with Gasteiger partial charge in [0.2, 0.25) is 0 Å². The Hall–Kier alpha value is -0.500. The number of unbranched alkanes of at least 4 members (excludes halogenated alkanes) is 14. The Labute approximate surface area is 149 Å². The van der Waals surface area contributed by atoms with Crippen molar-refractivity contribution in [1.82, 2.24) is 0 Å². The Bertz CT molecular complexity index is 266. The monoisotopic (exact) mass is 344 g/mol. The van der Waals surface area contributed by atoms with Gasteiger partial charge >= 0.3 is 5.97 Å². The van der Waals surface area contributed by atoms with Crippen LogP contribution in [-0.4, -0.2) is 18.5 Å². The van der Waals surface area contributed by atoms with Crippen LogP contribution in [0.4, 0.5) is 0 Å². The summed E-state index contributed by atoms with van der Waals surface area (Å²) in [5.41, 5.74) is 0. The minimum absolute atomic E-state index is 0.305. The van der Waals surface area contributed by atoms with Gasteiger partial charge in [0.15, 0.2) is 0 Å². The first-order valence-corrected chi connectivity index (χ1v) is 10.2. The van der Waals surface area contributed by atoms with E-state index in [9.17, 15) is 4.79 Å². The number of alkyl halides is 1.